The highest BCUT2D eigenvalue weighted by molar-refractivity contribution is 7.99. The van der Waals surface area contributed by atoms with E-state index in [-0.39, 0.29) is 43.3 Å². The van der Waals surface area contributed by atoms with E-state index in [1.165, 1.54) is 0 Å². The van der Waals surface area contributed by atoms with Gasteiger partial charge in [0.05, 0.1) is 19.8 Å². The van der Waals surface area contributed by atoms with Crippen molar-refractivity contribution in [3.63, 3.8) is 0 Å². The molecule has 11 heteroatoms. The molecule has 1 aliphatic rings. The second-order valence-electron chi connectivity index (χ2n) is 8.41. The second kappa shape index (κ2) is 13.5. The molecular weight excluding hydrogens is 432 g/mol. The third-order valence-electron chi connectivity index (χ3n) is 3.72. The van der Waals surface area contributed by atoms with Crippen LogP contribution < -0.4 is 0 Å². The maximum Gasteiger partial charge on any atom is 0.508 e. The van der Waals surface area contributed by atoms with Crippen molar-refractivity contribution in [2.24, 2.45) is 17.8 Å². The summed E-state index contributed by atoms with van der Waals surface area (Å²) in [5.74, 6) is 0.320. The molecule has 0 aromatic carbocycles. The molecule has 180 valence electrons. The fourth-order valence-electron chi connectivity index (χ4n) is 2.28. The normalized spacial score (nSPS) is 23.4. The number of aliphatic hydroxyl groups is 1. The average Bonchev–Trinajstić information content (AvgIpc) is 2.67. The first-order chi connectivity index (χ1) is 14.5. The van der Waals surface area contributed by atoms with Gasteiger partial charge in [-0.3, -0.25) is 0 Å². The molecule has 0 amide bonds. The highest BCUT2D eigenvalue weighted by atomic mass is 32.2. The van der Waals surface area contributed by atoms with Crippen LogP contribution in [0.15, 0.2) is 0 Å². The number of aliphatic hydroxyl groups excluding tert-OH is 1. The van der Waals surface area contributed by atoms with Crippen LogP contribution in [0, 0.1) is 17.8 Å². The van der Waals surface area contributed by atoms with Crippen molar-refractivity contribution in [3.8, 4) is 0 Å². The van der Waals surface area contributed by atoms with E-state index in [0.717, 1.165) is 11.8 Å². The molecule has 1 aliphatic heterocycles. The molecule has 10 nitrogen and oxygen atoms in total. The van der Waals surface area contributed by atoms with Crippen LogP contribution in [-0.2, 0) is 28.4 Å². The first kappa shape index (κ1) is 27.2. The third kappa shape index (κ3) is 10.8. The number of hydrogen-bond acceptors (Lipinski definition) is 11. The zero-order valence-corrected chi connectivity index (χ0v) is 19.7. The van der Waals surface area contributed by atoms with Gasteiger partial charge in [-0.05, 0) is 17.8 Å². The minimum atomic E-state index is -1.34. The molecule has 0 radical (unpaired) electrons. The Balaban J connectivity index is 2.91. The molecule has 0 spiro atoms. The van der Waals surface area contributed by atoms with Crippen LogP contribution in [-0.4, -0.2) is 72.9 Å². The summed E-state index contributed by atoms with van der Waals surface area (Å²) in [6.45, 7) is 11.5. The lowest BCUT2D eigenvalue weighted by atomic mass is 10.1. The summed E-state index contributed by atoms with van der Waals surface area (Å²) in [5, 5.41) is 10.4. The number of rotatable bonds is 9. The Morgan fingerprint density at radius 2 is 1.13 bits per heavy atom. The summed E-state index contributed by atoms with van der Waals surface area (Å²) < 4.78 is 30.8. The van der Waals surface area contributed by atoms with Gasteiger partial charge in [0.25, 0.3) is 0 Å². The Morgan fingerprint density at radius 3 is 1.55 bits per heavy atom. The van der Waals surface area contributed by atoms with Crippen molar-refractivity contribution < 1.29 is 47.9 Å². The number of hydrogen-bond donors (Lipinski definition) is 1. The van der Waals surface area contributed by atoms with Crippen LogP contribution in [0.5, 0.6) is 0 Å². The molecule has 31 heavy (non-hydrogen) atoms. The first-order valence-electron chi connectivity index (χ1n) is 10.3. The van der Waals surface area contributed by atoms with Crippen molar-refractivity contribution in [1.82, 2.24) is 0 Å². The van der Waals surface area contributed by atoms with E-state index < -0.39 is 42.2 Å². The molecule has 0 unspecified atom stereocenters. The van der Waals surface area contributed by atoms with E-state index >= 15 is 0 Å². The monoisotopic (exact) mass is 466 g/mol. The SMILES string of the molecule is CC(C)COC(=O)O[C@@H]1[C@@H](OC(=O)OCC(C)C)[C@H](OC(=O)OCC(C)C)CS[C@H]1O. The van der Waals surface area contributed by atoms with Crippen molar-refractivity contribution in [3.05, 3.63) is 0 Å². The summed E-state index contributed by atoms with van der Waals surface area (Å²) in [6.07, 6.45) is -6.72. The minimum Gasteiger partial charge on any atom is -0.434 e. The minimum absolute atomic E-state index is 0.0659. The maximum absolute atomic E-state index is 12.1. The molecule has 1 rings (SSSR count). The average molecular weight is 467 g/mol. The zero-order chi connectivity index (χ0) is 23.6. The van der Waals surface area contributed by atoms with Gasteiger partial charge in [0.15, 0.2) is 18.3 Å². The van der Waals surface area contributed by atoms with Gasteiger partial charge in [0.1, 0.15) is 5.44 Å². The van der Waals surface area contributed by atoms with E-state index in [1.54, 1.807) is 0 Å². The number of carbonyl (C=O) groups is 3. The number of thioether (sulfide) groups is 1. The van der Waals surface area contributed by atoms with Crippen LogP contribution in [0.4, 0.5) is 14.4 Å². The first-order valence-corrected chi connectivity index (χ1v) is 11.3. The van der Waals surface area contributed by atoms with Crippen LogP contribution in [0.2, 0.25) is 0 Å². The maximum atomic E-state index is 12.1. The summed E-state index contributed by atoms with van der Waals surface area (Å²) >= 11 is 0.974. The molecule has 0 saturated carbocycles. The molecule has 0 aromatic heterocycles. The van der Waals surface area contributed by atoms with Crippen molar-refractivity contribution in [2.45, 2.75) is 65.3 Å². The fraction of sp³-hybridized carbons (Fsp3) is 0.850. The Morgan fingerprint density at radius 1 is 0.742 bits per heavy atom. The summed E-state index contributed by atoms with van der Waals surface area (Å²) in [7, 11) is 0. The van der Waals surface area contributed by atoms with Crippen LogP contribution in [0.3, 0.4) is 0 Å². The smallest absolute Gasteiger partial charge is 0.434 e. The summed E-state index contributed by atoms with van der Waals surface area (Å²) in [4.78, 5) is 36.2. The van der Waals surface area contributed by atoms with Crippen LogP contribution >= 0.6 is 11.8 Å². The summed E-state index contributed by atoms with van der Waals surface area (Å²) in [5.41, 5.74) is -1.24. The molecule has 1 fully saturated rings. The fourth-order valence-corrected chi connectivity index (χ4v) is 3.32. The standard InChI is InChI=1S/C20H34O10S/c1-11(2)7-25-18(22)28-14-10-31-17(21)16(30-20(24)27-9-13(5)6)15(14)29-19(23)26-8-12(3)4/h11-17,21H,7-10H2,1-6H3/t14-,15+,16-,17-/m1/s1. The second-order valence-corrected chi connectivity index (χ2v) is 9.56. The van der Waals surface area contributed by atoms with E-state index in [4.69, 9.17) is 28.4 Å². The highest BCUT2D eigenvalue weighted by Gasteiger charge is 2.47. The van der Waals surface area contributed by atoms with E-state index in [2.05, 4.69) is 0 Å². The molecule has 4 atom stereocenters. The third-order valence-corrected chi connectivity index (χ3v) is 4.85. The van der Waals surface area contributed by atoms with Crippen LogP contribution in [0.1, 0.15) is 41.5 Å². The molecule has 0 aliphatic carbocycles. The van der Waals surface area contributed by atoms with Gasteiger partial charge < -0.3 is 33.5 Å². The van der Waals surface area contributed by atoms with Gasteiger partial charge in [-0.1, -0.05) is 41.5 Å². The molecule has 1 N–H and O–H groups in total. The van der Waals surface area contributed by atoms with Gasteiger partial charge in [0.2, 0.25) is 0 Å². The van der Waals surface area contributed by atoms with Crippen molar-refractivity contribution >= 4 is 30.2 Å². The van der Waals surface area contributed by atoms with E-state index in [9.17, 15) is 19.5 Å². The van der Waals surface area contributed by atoms with Gasteiger partial charge in [-0.25, -0.2) is 14.4 Å². The quantitative estimate of drug-likeness (QED) is 0.395. The Kier molecular flexibility index (Phi) is 11.8. The largest absolute Gasteiger partial charge is 0.508 e. The molecular formula is C20H34O10S. The number of carbonyl (C=O) groups excluding carboxylic acids is 3. The molecule has 1 saturated heterocycles. The lowest BCUT2D eigenvalue weighted by molar-refractivity contribution is -0.125. The van der Waals surface area contributed by atoms with Gasteiger partial charge in [-0.2, -0.15) is 0 Å². The zero-order valence-electron chi connectivity index (χ0n) is 18.9. The van der Waals surface area contributed by atoms with Crippen LogP contribution in [0.25, 0.3) is 0 Å². The predicted molar refractivity (Wildman–Crippen MR) is 112 cm³/mol. The topological polar surface area (TPSA) is 127 Å². The Bertz CT molecular complexity index is 580. The van der Waals surface area contributed by atoms with Gasteiger partial charge in [-0.15, -0.1) is 11.8 Å². The molecule has 1 heterocycles. The Labute approximate surface area is 187 Å². The van der Waals surface area contributed by atoms with Crippen molar-refractivity contribution in [2.75, 3.05) is 25.6 Å². The Hall–Kier alpha value is -1.88. The van der Waals surface area contributed by atoms with Gasteiger partial charge in [0, 0.05) is 5.75 Å². The van der Waals surface area contributed by atoms with Crippen molar-refractivity contribution in [1.29, 1.82) is 0 Å². The predicted octanol–water partition coefficient (Wildman–Crippen LogP) is 3.59. The number of ether oxygens (including phenoxy) is 6. The van der Waals surface area contributed by atoms with E-state index in [1.807, 2.05) is 41.5 Å². The lowest BCUT2D eigenvalue weighted by Gasteiger charge is -2.37. The lowest BCUT2D eigenvalue weighted by Crippen LogP contribution is -2.54. The van der Waals surface area contributed by atoms with Gasteiger partial charge >= 0.3 is 18.5 Å². The molecule has 0 aromatic rings. The summed E-state index contributed by atoms with van der Waals surface area (Å²) in [6, 6.07) is 0. The van der Waals surface area contributed by atoms with E-state index in [0.29, 0.717) is 0 Å². The molecule has 0 bridgehead atoms. The highest BCUT2D eigenvalue weighted by Crippen LogP contribution is 2.31.